The molecule has 1 amide bonds. The van der Waals surface area contributed by atoms with Crippen molar-refractivity contribution < 1.29 is 23.9 Å². The van der Waals surface area contributed by atoms with Crippen molar-refractivity contribution in [2.24, 2.45) is 15.8 Å². The van der Waals surface area contributed by atoms with Gasteiger partial charge in [0, 0.05) is 18.9 Å². The van der Waals surface area contributed by atoms with Gasteiger partial charge in [-0.25, -0.2) is 14.6 Å². The molecule has 2 fully saturated rings. The van der Waals surface area contributed by atoms with E-state index in [0.717, 1.165) is 6.42 Å². The number of carbonyl (C=O) groups is 2. The Morgan fingerprint density at radius 2 is 2.23 bits per heavy atom. The highest BCUT2D eigenvalue weighted by atomic mass is 16.8. The van der Waals surface area contributed by atoms with E-state index in [2.05, 4.69) is 22.0 Å². The minimum Gasteiger partial charge on any atom is -0.430 e. The van der Waals surface area contributed by atoms with Gasteiger partial charge in [0.25, 0.3) is 5.91 Å². The second-order valence-corrected chi connectivity index (χ2v) is 6.99. The fourth-order valence-corrected chi connectivity index (χ4v) is 3.63. The lowest BCUT2D eigenvalue weighted by Crippen LogP contribution is -2.50. The molecule has 1 saturated heterocycles. The summed E-state index contributed by atoms with van der Waals surface area (Å²) in [6.45, 7) is 8.53. The molecule has 1 aliphatic heterocycles. The SMILES string of the molecule is [CH2+]C1(C)CC(NC(=O)C2COC(=O)O2)CC(C)(CN=C=O)C1. The van der Waals surface area contributed by atoms with E-state index in [4.69, 9.17) is 4.74 Å². The minimum absolute atomic E-state index is 0.0638. The normalized spacial score (nSPS) is 37.6. The molecule has 7 nitrogen and oxygen atoms in total. The van der Waals surface area contributed by atoms with E-state index >= 15 is 0 Å². The van der Waals surface area contributed by atoms with E-state index in [1.165, 1.54) is 0 Å². The van der Waals surface area contributed by atoms with E-state index in [1.807, 2.05) is 13.8 Å². The summed E-state index contributed by atoms with van der Waals surface area (Å²) in [7, 11) is 0. The van der Waals surface area contributed by atoms with Crippen molar-refractivity contribution in [2.45, 2.75) is 45.3 Å². The molecule has 0 spiro atoms. The number of cyclic esters (lactones) is 2. The summed E-state index contributed by atoms with van der Waals surface area (Å²) in [6.07, 6.45) is 2.04. The molecule has 22 heavy (non-hydrogen) atoms. The highest BCUT2D eigenvalue weighted by Crippen LogP contribution is 2.46. The van der Waals surface area contributed by atoms with Gasteiger partial charge in [0.1, 0.15) is 12.0 Å². The third kappa shape index (κ3) is 4.01. The summed E-state index contributed by atoms with van der Waals surface area (Å²) in [6, 6.07) is -0.116. The maximum atomic E-state index is 12.1. The third-order valence-electron chi connectivity index (χ3n) is 4.09. The molecule has 1 aliphatic carbocycles. The number of nitrogens with zero attached hydrogens (tertiary/aromatic N) is 1. The molecule has 7 heteroatoms. The van der Waals surface area contributed by atoms with E-state index in [-0.39, 0.29) is 29.4 Å². The first-order valence-electron chi connectivity index (χ1n) is 7.26. The minimum atomic E-state index is -0.898. The molecular formula is C15H21N2O5+. The molecule has 4 atom stereocenters. The summed E-state index contributed by atoms with van der Waals surface area (Å²) >= 11 is 0. The number of isocyanates is 1. The first-order valence-corrected chi connectivity index (χ1v) is 7.26. The number of amides is 1. The monoisotopic (exact) mass is 309 g/mol. The number of ether oxygens (including phenoxy) is 2. The van der Waals surface area contributed by atoms with Crippen molar-refractivity contribution in [3.8, 4) is 0 Å². The van der Waals surface area contributed by atoms with Gasteiger partial charge in [0.05, 0.1) is 13.5 Å². The Bertz CT molecular complexity index is 512. The highest BCUT2D eigenvalue weighted by Gasteiger charge is 2.46. The van der Waals surface area contributed by atoms with Crippen LogP contribution in [0, 0.1) is 17.8 Å². The van der Waals surface area contributed by atoms with Gasteiger partial charge in [0.2, 0.25) is 12.2 Å². The summed E-state index contributed by atoms with van der Waals surface area (Å²) in [5.41, 5.74) is -0.459. The van der Waals surface area contributed by atoms with Gasteiger partial charge in [0.15, 0.2) is 0 Å². The Labute approximate surface area is 129 Å². The van der Waals surface area contributed by atoms with Crippen LogP contribution in [0.3, 0.4) is 0 Å². The van der Waals surface area contributed by atoms with Gasteiger partial charge < -0.3 is 14.8 Å². The van der Waals surface area contributed by atoms with Crippen molar-refractivity contribution in [1.29, 1.82) is 0 Å². The van der Waals surface area contributed by atoms with Gasteiger partial charge in [-0.05, 0) is 18.8 Å². The van der Waals surface area contributed by atoms with Crippen molar-refractivity contribution in [3.05, 3.63) is 6.92 Å². The lowest BCUT2D eigenvalue weighted by molar-refractivity contribution is -0.129. The smallest absolute Gasteiger partial charge is 0.430 e. The molecule has 1 saturated carbocycles. The Morgan fingerprint density at radius 3 is 2.82 bits per heavy atom. The molecule has 2 rings (SSSR count). The lowest BCUT2D eigenvalue weighted by Gasteiger charge is -2.42. The average Bonchev–Trinajstić information content (AvgIpc) is 2.81. The lowest BCUT2D eigenvalue weighted by atomic mass is 9.62. The van der Waals surface area contributed by atoms with Crippen molar-refractivity contribution >= 4 is 18.1 Å². The molecule has 0 bridgehead atoms. The fourth-order valence-electron chi connectivity index (χ4n) is 3.63. The summed E-state index contributed by atoms with van der Waals surface area (Å²) in [4.78, 5) is 37.1. The molecule has 1 N–H and O–H groups in total. The van der Waals surface area contributed by atoms with Crippen LogP contribution in [0.1, 0.15) is 33.1 Å². The molecule has 0 aromatic carbocycles. The number of nitrogens with one attached hydrogen (secondary N) is 1. The van der Waals surface area contributed by atoms with Crippen LogP contribution in [0.15, 0.2) is 4.99 Å². The number of rotatable bonds is 4. The zero-order valence-electron chi connectivity index (χ0n) is 12.9. The third-order valence-corrected chi connectivity index (χ3v) is 4.09. The second-order valence-electron chi connectivity index (χ2n) is 6.99. The molecule has 2 aliphatic rings. The number of hydrogen-bond donors (Lipinski definition) is 1. The van der Waals surface area contributed by atoms with Gasteiger partial charge in [-0.3, -0.25) is 4.79 Å². The van der Waals surface area contributed by atoms with Gasteiger partial charge in [-0.1, -0.05) is 6.92 Å². The molecule has 0 aromatic heterocycles. The zero-order chi connectivity index (χ0) is 16.4. The van der Waals surface area contributed by atoms with E-state index in [1.54, 1.807) is 6.08 Å². The molecule has 120 valence electrons. The summed E-state index contributed by atoms with van der Waals surface area (Å²) in [5.74, 6) is -0.366. The first-order chi connectivity index (χ1) is 10.2. The first kappa shape index (κ1) is 16.4. The quantitative estimate of drug-likeness (QED) is 0.366. The van der Waals surface area contributed by atoms with Crippen LogP contribution in [-0.4, -0.2) is 43.4 Å². The Kier molecular flexibility index (Phi) is 4.47. The van der Waals surface area contributed by atoms with E-state index in [0.29, 0.717) is 19.4 Å². The predicted octanol–water partition coefficient (Wildman–Crippen LogP) is 1.37. The standard InChI is InChI=1S/C15H20N2O5/c1-14(2)4-10(5-15(3,7-14)8-16-9-18)17-12(19)11-6-21-13(20)22-11/h10-11H,1,4-8H2,2-3H3/p+1. The largest absolute Gasteiger partial charge is 0.509 e. The number of aliphatic imine (C=N–C) groups is 1. The summed E-state index contributed by atoms with van der Waals surface area (Å²) < 4.78 is 9.39. The average molecular weight is 309 g/mol. The van der Waals surface area contributed by atoms with E-state index < -0.39 is 12.3 Å². The maximum absolute atomic E-state index is 12.1. The zero-order valence-corrected chi connectivity index (χ0v) is 12.9. The molecular weight excluding hydrogens is 288 g/mol. The second kappa shape index (κ2) is 6.01. The van der Waals surface area contributed by atoms with Crippen LogP contribution in [0.2, 0.25) is 0 Å². The molecule has 4 unspecified atom stereocenters. The van der Waals surface area contributed by atoms with Crippen LogP contribution < -0.4 is 5.32 Å². The summed E-state index contributed by atoms with van der Waals surface area (Å²) in [5, 5.41) is 2.89. The Balaban J connectivity index is 2.01. The molecule has 0 radical (unpaired) electrons. The number of hydrogen-bond acceptors (Lipinski definition) is 6. The van der Waals surface area contributed by atoms with Crippen LogP contribution in [0.5, 0.6) is 0 Å². The van der Waals surface area contributed by atoms with E-state index in [9.17, 15) is 14.4 Å². The van der Waals surface area contributed by atoms with Crippen molar-refractivity contribution in [3.63, 3.8) is 0 Å². The molecule has 0 aromatic rings. The predicted molar refractivity (Wildman–Crippen MR) is 76.6 cm³/mol. The van der Waals surface area contributed by atoms with Gasteiger partial charge in [-0.2, -0.15) is 0 Å². The fraction of sp³-hybridized carbons (Fsp3) is 0.733. The van der Waals surface area contributed by atoms with Gasteiger partial charge >= 0.3 is 6.16 Å². The molecule has 1 heterocycles. The topological polar surface area (TPSA) is 94.1 Å². The number of carbonyl (C=O) groups excluding carboxylic acids is 3. The van der Waals surface area contributed by atoms with Crippen LogP contribution >= 0.6 is 0 Å². The van der Waals surface area contributed by atoms with Gasteiger partial charge in [-0.15, -0.1) is 0 Å². The van der Waals surface area contributed by atoms with Crippen LogP contribution in [0.25, 0.3) is 0 Å². The maximum Gasteiger partial charge on any atom is 0.509 e. The Morgan fingerprint density at radius 1 is 1.50 bits per heavy atom. The highest BCUT2D eigenvalue weighted by molar-refractivity contribution is 5.84. The van der Waals surface area contributed by atoms with Crippen molar-refractivity contribution in [1.82, 2.24) is 5.32 Å². The van der Waals surface area contributed by atoms with Crippen LogP contribution in [0.4, 0.5) is 4.79 Å². The van der Waals surface area contributed by atoms with Crippen molar-refractivity contribution in [2.75, 3.05) is 13.2 Å². The Hall–Kier alpha value is -2.01. The van der Waals surface area contributed by atoms with Crippen LogP contribution in [-0.2, 0) is 19.1 Å².